The number of rotatable bonds is 3. The van der Waals surface area contributed by atoms with Crippen LogP contribution < -0.4 is 5.43 Å². The van der Waals surface area contributed by atoms with E-state index >= 15 is 0 Å². The summed E-state index contributed by atoms with van der Waals surface area (Å²) in [5.41, 5.74) is 3.51. The van der Waals surface area contributed by atoms with Crippen LogP contribution in [-0.4, -0.2) is 23.4 Å². The highest BCUT2D eigenvalue weighted by Gasteiger charge is 2.13. The quantitative estimate of drug-likeness (QED) is 0.510. The largest absolute Gasteiger partial charge is 0.480 e. The Morgan fingerprint density at radius 1 is 1.50 bits per heavy atom. The van der Waals surface area contributed by atoms with Crippen molar-refractivity contribution in [1.82, 2.24) is 10.4 Å². The first-order chi connectivity index (χ1) is 8.70. The van der Waals surface area contributed by atoms with Crippen molar-refractivity contribution >= 4 is 22.9 Å². The Bertz CT molecular complexity index is 556. The zero-order valence-electron chi connectivity index (χ0n) is 10.1. The van der Waals surface area contributed by atoms with E-state index in [0.717, 1.165) is 0 Å². The number of hydrazone groups is 1. The topological polar surface area (TPSA) is 76.7 Å². The smallest absolute Gasteiger partial charge is 0.327 e. The Morgan fingerprint density at radius 3 is 3.00 bits per heavy atom. The lowest BCUT2D eigenvalue weighted by atomic mass is 10.3. The molecule has 6 nitrogen and oxygen atoms in total. The van der Waals surface area contributed by atoms with Crippen molar-refractivity contribution in [1.29, 1.82) is 0 Å². The lowest BCUT2D eigenvalue weighted by Crippen LogP contribution is -2.20. The third kappa shape index (κ3) is 2.65. The Morgan fingerprint density at radius 2 is 2.28 bits per heavy atom. The van der Waals surface area contributed by atoms with Crippen LogP contribution in [0.15, 0.2) is 33.8 Å². The summed E-state index contributed by atoms with van der Waals surface area (Å²) in [7, 11) is 0. The van der Waals surface area contributed by atoms with Crippen molar-refractivity contribution in [2.75, 3.05) is 6.61 Å². The minimum Gasteiger partial charge on any atom is -0.480 e. The Balaban J connectivity index is 2.11. The van der Waals surface area contributed by atoms with E-state index in [1.807, 2.05) is 19.1 Å². The van der Waals surface area contributed by atoms with E-state index < -0.39 is 5.91 Å². The molecule has 18 heavy (non-hydrogen) atoms. The van der Waals surface area contributed by atoms with E-state index in [-0.39, 0.29) is 5.89 Å². The number of oxazole rings is 1. The Kier molecular flexibility index (Phi) is 3.57. The molecule has 0 saturated carbocycles. The fourth-order valence-electron chi connectivity index (χ4n) is 1.39. The van der Waals surface area contributed by atoms with Crippen molar-refractivity contribution < 1.29 is 13.9 Å². The fraction of sp³-hybridized carbons (Fsp3) is 0.250. The molecule has 0 radical (unpaired) electrons. The maximum atomic E-state index is 11.7. The van der Waals surface area contributed by atoms with Gasteiger partial charge in [0.25, 0.3) is 5.89 Å². The molecule has 1 aromatic carbocycles. The monoisotopic (exact) mass is 247 g/mol. The molecule has 0 atom stereocenters. The minimum absolute atomic E-state index is 0.0238. The maximum absolute atomic E-state index is 11.7. The van der Waals surface area contributed by atoms with Gasteiger partial charge in [-0.05, 0) is 19.1 Å². The summed E-state index contributed by atoms with van der Waals surface area (Å²) in [5.74, 6) is -0.156. The van der Waals surface area contributed by atoms with E-state index in [4.69, 9.17) is 9.15 Å². The van der Waals surface area contributed by atoms with Gasteiger partial charge in [0.15, 0.2) is 5.58 Å². The zero-order valence-corrected chi connectivity index (χ0v) is 10.1. The SMILES string of the molecule is CCO/C(C)=N\NC(=O)c1nc2ccccc2o1. The van der Waals surface area contributed by atoms with Crippen molar-refractivity contribution in [3.63, 3.8) is 0 Å². The second-order valence-corrected chi connectivity index (χ2v) is 3.49. The minimum atomic E-state index is -0.509. The molecule has 2 aromatic rings. The van der Waals surface area contributed by atoms with Crippen molar-refractivity contribution in [2.24, 2.45) is 5.10 Å². The molecule has 2 rings (SSSR count). The van der Waals surface area contributed by atoms with Crippen LogP contribution in [0.25, 0.3) is 11.1 Å². The number of benzene rings is 1. The summed E-state index contributed by atoms with van der Waals surface area (Å²) >= 11 is 0. The number of amides is 1. The second-order valence-electron chi connectivity index (χ2n) is 3.49. The van der Waals surface area contributed by atoms with Gasteiger partial charge < -0.3 is 9.15 Å². The van der Waals surface area contributed by atoms with Crippen LogP contribution in [0.2, 0.25) is 0 Å². The van der Waals surface area contributed by atoms with E-state index in [1.165, 1.54) is 0 Å². The number of carbonyl (C=O) groups is 1. The number of para-hydroxylation sites is 2. The summed E-state index contributed by atoms with van der Waals surface area (Å²) in [4.78, 5) is 15.7. The number of ether oxygens (including phenoxy) is 1. The summed E-state index contributed by atoms with van der Waals surface area (Å²) < 4.78 is 10.4. The Hall–Kier alpha value is -2.37. The molecule has 0 saturated heterocycles. The lowest BCUT2D eigenvalue weighted by molar-refractivity contribution is 0.0920. The third-order valence-electron chi connectivity index (χ3n) is 2.16. The number of nitrogens with one attached hydrogen (secondary N) is 1. The first-order valence-corrected chi connectivity index (χ1v) is 5.53. The number of aromatic nitrogens is 1. The Labute approximate surface area is 104 Å². The maximum Gasteiger partial charge on any atom is 0.327 e. The van der Waals surface area contributed by atoms with E-state index in [9.17, 15) is 4.79 Å². The molecule has 0 bridgehead atoms. The van der Waals surface area contributed by atoms with Crippen LogP contribution in [-0.2, 0) is 4.74 Å². The van der Waals surface area contributed by atoms with Crippen LogP contribution in [0.5, 0.6) is 0 Å². The second kappa shape index (κ2) is 5.31. The highest BCUT2D eigenvalue weighted by molar-refractivity contribution is 5.92. The number of fused-ring (bicyclic) bond motifs is 1. The third-order valence-corrected chi connectivity index (χ3v) is 2.16. The van der Waals surface area contributed by atoms with Gasteiger partial charge >= 0.3 is 5.91 Å². The molecule has 1 aromatic heterocycles. The van der Waals surface area contributed by atoms with E-state index in [0.29, 0.717) is 23.6 Å². The molecule has 0 aliphatic carbocycles. The van der Waals surface area contributed by atoms with Gasteiger partial charge in [-0.3, -0.25) is 4.79 Å². The highest BCUT2D eigenvalue weighted by atomic mass is 16.5. The van der Waals surface area contributed by atoms with Crippen LogP contribution in [0.3, 0.4) is 0 Å². The summed E-state index contributed by atoms with van der Waals surface area (Å²) in [6, 6.07) is 7.15. The first kappa shape index (κ1) is 12.1. The molecular weight excluding hydrogens is 234 g/mol. The standard InChI is InChI=1S/C12H13N3O3/c1-3-17-8(2)14-15-11(16)12-13-9-6-4-5-7-10(9)18-12/h4-7H,3H2,1-2H3,(H,15,16)/b14-8-. The van der Waals surface area contributed by atoms with Crippen molar-refractivity contribution in [3.8, 4) is 0 Å². The molecule has 0 aliphatic heterocycles. The number of hydrogen-bond acceptors (Lipinski definition) is 5. The normalized spacial score (nSPS) is 11.6. The van der Waals surface area contributed by atoms with Gasteiger partial charge in [-0.2, -0.15) is 0 Å². The van der Waals surface area contributed by atoms with E-state index in [2.05, 4.69) is 15.5 Å². The summed E-state index contributed by atoms with van der Waals surface area (Å²) in [6.45, 7) is 3.98. The molecule has 0 fully saturated rings. The molecule has 1 amide bonds. The number of nitrogens with zero attached hydrogens (tertiary/aromatic N) is 2. The predicted molar refractivity (Wildman–Crippen MR) is 66.2 cm³/mol. The van der Waals surface area contributed by atoms with Gasteiger partial charge in [0, 0.05) is 6.92 Å². The van der Waals surface area contributed by atoms with Crippen molar-refractivity contribution in [3.05, 3.63) is 30.2 Å². The first-order valence-electron chi connectivity index (χ1n) is 5.53. The summed E-state index contributed by atoms with van der Waals surface area (Å²) in [6.07, 6.45) is 0. The summed E-state index contributed by atoms with van der Waals surface area (Å²) in [5, 5.41) is 3.76. The molecular formula is C12H13N3O3. The average molecular weight is 247 g/mol. The van der Waals surface area contributed by atoms with Gasteiger partial charge in [-0.25, -0.2) is 10.4 Å². The van der Waals surface area contributed by atoms with Gasteiger partial charge in [0.05, 0.1) is 6.61 Å². The van der Waals surface area contributed by atoms with Gasteiger partial charge in [0.2, 0.25) is 5.90 Å². The zero-order chi connectivity index (χ0) is 13.0. The molecule has 6 heteroatoms. The van der Waals surface area contributed by atoms with E-state index in [1.54, 1.807) is 19.1 Å². The highest BCUT2D eigenvalue weighted by Crippen LogP contribution is 2.14. The van der Waals surface area contributed by atoms with Crippen molar-refractivity contribution in [2.45, 2.75) is 13.8 Å². The van der Waals surface area contributed by atoms with Gasteiger partial charge in [-0.1, -0.05) is 12.1 Å². The molecule has 0 unspecified atom stereocenters. The fourth-order valence-corrected chi connectivity index (χ4v) is 1.39. The van der Waals surface area contributed by atoms with Crippen LogP contribution in [0.4, 0.5) is 0 Å². The number of hydrogen-bond donors (Lipinski definition) is 1. The molecule has 94 valence electrons. The van der Waals surface area contributed by atoms with Crippen LogP contribution in [0.1, 0.15) is 24.5 Å². The molecule has 1 heterocycles. The van der Waals surface area contributed by atoms with Gasteiger partial charge in [-0.15, -0.1) is 5.10 Å². The number of carbonyl (C=O) groups excluding carboxylic acids is 1. The predicted octanol–water partition coefficient (Wildman–Crippen LogP) is 1.93. The van der Waals surface area contributed by atoms with Gasteiger partial charge in [0.1, 0.15) is 5.52 Å². The molecule has 0 aliphatic rings. The lowest BCUT2D eigenvalue weighted by Gasteiger charge is -2.00. The van der Waals surface area contributed by atoms with Crippen LogP contribution in [0, 0.1) is 0 Å². The average Bonchev–Trinajstić information content (AvgIpc) is 2.80. The van der Waals surface area contributed by atoms with Crippen LogP contribution >= 0.6 is 0 Å². The molecule has 0 spiro atoms. The molecule has 1 N–H and O–H groups in total.